The van der Waals surface area contributed by atoms with Crippen molar-refractivity contribution in [1.29, 1.82) is 0 Å². The third-order valence-corrected chi connectivity index (χ3v) is 4.70. The largest absolute Gasteiger partial charge is 0.497 e. The highest BCUT2D eigenvalue weighted by atomic mass is 16.5. The SMILES string of the molecule is COc1ccc(CN2CCN(C(=O)Nc3cc(C)cc(C)c3)CC2)cc1. The molecule has 0 radical (unpaired) electrons. The lowest BCUT2D eigenvalue weighted by Gasteiger charge is -2.34. The number of aryl methyl sites for hydroxylation is 2. The molecule has 0 atom stereocenters. The van der Waals surface area contributed by atoms with E-state index in [1.165, 1.54) is 5.56 Å². The number of ether oxygens (including phenoxy) is 1. The second-order valence-electron chi connectivity index (χ2n) is 6.92. The molecule has 1 heterocycles. The number of nitrogens with zero attached hydrogens (tertiary/aromatic N) is 2. The summed E-state index contributed by atoms with van der Waals surface area (Å²) in [7, 11) is 1.68. The number of amides is 2. The third kappa shape index (κ3) is 4.76. The first-order chi connectivity index (χ1) is 12.5. The fraction of sp³-hybridized carbons (Fsp3) is 0.381. The van der Waals surface area contributed by atoms with Crippen LogP contribution in [0.5, 0.6) is 5.75 Å². The molecule has 0 aliphatic carbocycles. The molecule has 2 aromatic carbocycles. The van der Waals surface area contributed by atoms with E-state index in [-0.39, 0.29) is 6.03 Å². The molecule has 0 spiro atoms. The third-order valence-electron chi connectivity index (χ3n) is 4.70. The van der Waals surface area contributed by atoms with Gasteiger partial charge in [-0.2, -0.15) is 0 Å². The highest BCUT2D eigenvalue weighted by Crippen LogP contribution is 2.16. The zero-order valence-corrected chi connectivity index (χ0v) is 15.8. The molecule has 1 aliphatic heterocycles. The van der Waals surface area contributed by atoms with E-state index in [0.29, 0.717) is 0 Å². The van der Waals surface area contributed by atoms with E-state index in [4.69, 9.17) is 4.74 Å². The van der Waals surface area contributed by atoms with Gasteiger partial charge in [0.1, 0.15) is 5.75 Å². The topological polar surface area (TPSA) is 44.8 Å². The van der Waals surface area contributed by atoms with Crippen molar-refractivity contribution < 1.29 is 9.53 Å². The van der Waals surface area contributed by atoms with Crippen molar-refractivity contribution in [3.05, 3.63) is 59.2 Å². The van der Waals surface area contributed by atoms with Crippen LogP contribution in [0.1, 0.15) is 16.7 Å². The standard InChI is InChI=1S/C21H27N3O2/c1-16-12-17(2)14-19(13-16)22-21(25)24-10-8-23(9-11-24)15-18-4-6-20(26-3)7-5-18/h4-7,12-14H,8-11,15H2,1-3H3,(H,22,25). The van der Waals surface area contributed by atoms with Crippen LogP contribution in [0.25, 0.3) is 0 Å². The first-order valence-corrected chi connectivity index (χ1v) is 9.03. The van der Waals surface area contributed by atoms with Crippen LogP contribution in [0, 0.1) is 13.8 Å². The number of carbonyl (C=O) groups excluding carboxylic acids is 1. The molecule has 2 aromatic rings. The number of nitrogens with one attached hydrogen (secondary N) is 1. The summed E-state index contributed by atoms with van der Waals surface area (Å²) in [6, 6.07) is 14.3. The zero-order valence-electron chi connectivity index (χ0n) is 15.8. The smallest absolute Gasteiger partial charge is 0.321 e. The van der Waals surface area contributed by atoms with E-state index in [1.54, 1.807) is 7.11 Å². The Labute approximate surface area is 155 Å². The summed E-state index contributed by atoms with van der Waals surface area (Å²) in [4.78, 5) is 16.8. The second kappa shape index (κ2) is 8.23. The molecule has 0 aromatic heterocycles. The molecule has 2 amide bonds. The van der Waals surface area contributed by atoms with Crippen LogP contribution in [0.15, 0.2) is 42.5 Å². The summed E-state index contributed by atoms with van der Waals surface area (Å²) in [5, 5.41) is 3.03. The van der Waals surface area contributed by atoms with Crippen molar-refractivity contribution in [2.75, 3.05) is 38.6 Å². The van der Waals surface area contributed by atoms with E-state index < -0.39 is 0 Å². The summed E-state index contributed by atoms with van der Waals surface area (Å²) < 4.78 is 5.20. The Morgan fingerprint density at radius 3 is 2.19 bits per heavy atom. The minimum atomic E-state index is -0.0147. The molecule has 1 N–H and O–H groups in total. The van der Waals surface area contributed by atoms with Gasteiger partial charge in [0.25, 0.3) is 0 Å². The Morgan fingerprint density at radius 1 is 1.00 bits per heavy atom. The van der Waals surface area contributed by atoms with Crippen LogP contribution in [-0.2, 0) is 6.54 Å². The molecule has 26 heavy (non-hydrogen) atoms. The van der Waals surface area contributed by atoms with E-state index >= 15 is 0 Å². The minimum absolute atomic E-state index is 0.0147. The van der Waals surface area contributed by atoms with Gasteiger partial charge in [-0.15, -0.1) is 0 Å². The molecule has 0 bridgehead atoms. The highest BCUT2D eigenvalue weighted by molar-refractivity contribution is 5.89. The number of hydrogen-bond acceptors (Lipinski definition) is 3. The molecule has 5 heteroatoms. The van der Waals surface area contributed by atoms with Crippen molar-refractivity contribution in [2.24, 2.45) is 0 Å². The molecule has 1 aliphatic rings. The molecule has 5 nitrogen and oxygen atoms in total. The van der Waals surface area contributed by atoms with Gasteiger partial charge in [-0.3, -0.25) is 4.90 Å². The number of methoxy groups -OCH3 is 1. The normalized spacial score (nSPS) is 15.0. The van der Waals surface area contributed by atoms with Crippen molar-refractivity contribution in [1.82, 2.24) is 9.80 Å². The summed E-state index contributed by atoms with van der Waals surface area (Å²) in [6.45, 7) is 8.23. The molecular weight excluding hydrogens is 326 g/mol. The molecule has 138 valence electrons. The molecular formula is C21H27N3O2. The van der Waals surface area contributed by atoms with Gasteiger partial charge in [0.15, 0.2) is 0 Å². The Hall–Kier alpha value is -2.53. The van der Waals surface area contributed by atoms with Crippen LogP contribution in [0.3, 0.4) is 0 Å². The lowest BCUT2D eigenvalue weighted by Crippen LogP contribution is -2.49. The van der Waals surface area contributed by atoms with Gasteiger partial charge in [0.2, 0.25) is 0 Å². The van der Waals surface area contributed by atoms with E-state index in [0.717, 1.165) is 55.3 Å². The van der Waals surface area contributed by atoms with Gasteiger partial charge in [-0.1, -0.05) is 18.2 Å². The Bertz CT molecular complexity index is 730. The summed E-state index contributed by atoms with van der Waals surface area (Å²) in [5.41, 5.74) is 4.45. The van der Waals surface area contributed by atoms with Crippen LogP contribution in [0.2, 0.25) is 0 Å². The van der Waals surface area contributed by atoms with Crippen molar-refractivity contribution in [3.63, 3.8) is 0 Å². The maximum atomic E-state index is 12.5. The number of piperazine rings is 1. The van der Waals surface area contributed by atoms with Gasteiger partial charge >= 0.3 is 6.03 Å². The van der Waals surface area contributed by atoms with Gasteiger partial charge in [0.05, 0.1) is 7.11 Å². The first kappa shape index (κ1) is 18.3. The monoisotopic (exact) mass is 353 g/mol. The van der Waals surface area contributed by atoms with Crippen LogP contribution < -0.4 is 10.1 Å². The highest BCUT2D eigenvalue weighted by Gasteiger charge is 2.21. The first-order valence-electron chi connectivity index (χ1n) is 9.03. The average molecular weight is 353 g/mol. The van der Waals surface area contributed by atoms with E-state index in [1.807, 2.05) is 43.0 Å². The Kier molecular flexibility index (Phi) is 5.78. The Morgan fingerprint density at radius 2 is 1.62 bits per heavy atom. The lowest BCUT2D eigenvalue weighted by atomic mass is 10.1. The van der Waals surface area contributed by atoms with Gasteiger partial charge in [-0.05, 0) is 54.8 Å². The molecule has 3 rings (SSSR count). The fourth-order valence-corrected chi connectivity index (χ4v) is 3.35. The van der Waals surface area contributed by atoms with Crippen molar-refractivity contribution >= 4 is 11.7 Å². The number of anilines is 1. The van der Waals surface area contributed by atoms with Crippen LogP contribution in [0.4, 0.5) is 10.5 Å². The number of hydrogen-bond donors (Lipinski definition) is 1. The zero-order chi connectivity index (χ0) is 18.5. The molecule has 1 saturated heterocycles. The van der Waals surface area contributed by atoms with Crippen LogP contribution in [-0.4, -0.2) is 49.1 Å². The molecule has 1 fully saturated rings. The quantitative estimate of drug-likeness (QED) is 0.912. The number of carbonyl (C=O) groups is 1. The maximum absolute atomic E-state index is 12.5. The maximum Gasteiger partial charge on any atom is 0.321 e. The predicted molar refractivity (Wildman–Crippen MR) is 105 cm³/mol. The number of rotatable bonds is 4. The number of benzene rings is 2. The summed E-state index contributed by atoms with van der Waals surface area (Å²) >= 11 is 0. The molecule has 0 unspecified atom stereocenters. The van der Waals surface area contributed by atoms with Gasteiger partial charge in [-0.25, -0.2) is 4.79 Å². The van der Waals surface area contributed by atoms with Crippen molar-refractivity contribution in [3.8, 4) is 5.75 Å². The molecule has 0 saturated carbocycles. The average Bonchev–Trinajstić information content (AvgIpc) is 2.62. The van der Waals surface area contributed by atoms with E-state index in [2.05, 4.69) is 28.4 Å². The number of urea groups is 1. The summed E-state index contributed by atoms with van der Waals surface area (Å²) in [6.07, 6.45) is 0. The fourth-order valence-electron chi connectivity index (χ4n) is 3.35. The second-order valence-corrected chi connectivity index (χ2v) is 6.92. The predicted octanol–water partition coefficient (Wildman–Crippen LogP) is 3.66. The lowest BCUT2D eigenvalue weighted by molar-refractivity contribution is 0.143. The van der Waals surface area contributed by atoms with Crippen molar-refractivity contribution in [2.45, 2.75) is 20.4 Å². The van der Waals surface area contributed by atoms with Crippen LogP contribution >= 0.6 is 0 Å². The summed E-state index contributed by atoms with van der Waals surface area (Å²) in [5.74, 6) is 0.877. The van der Waals surface area contributed by atoms with Gasteiger partial charge in [0, 0.05) is 38.4 Å². The minimum Gasteiger partial charge on any atom is -0.497 e. The van der Waals surface area contributed by atoms with E-state index in [9.17, 15) is 4.79 Å². The Balaban J connectivity index is 1.50. The van der Waals surface area contributed by atoms with Gasteiger partial charge < -0.3 is 15.0 Å².